The number of fused-ring (bicyclic) bond motifs is 6. The molecule has 7 aromatic carbocycles. The highest BCUT2D eigenvalue weighted by Gasteiger charge is 2.43. The lowest BCUT2D eigenvalue weighted by atomic mass is 9.53. The standard InChI is InChI=1S/C64H70BN2/c1-40-32-56-59-57(33-40)67(54-38-47(41-22-17-15-18-23-41)50(62(8,9)10)36-48(54)42-24-19-16-20-25-42)55-39-52-51(63(11,12)30-31-64(52,13)14)37-49(55)58(65-59)46-29-28-44(61(5,6)7)35-53(46)66(56)45-27-21-26-43(34-45)60(2,3)4/h15-29,32-39,58H,30-31H2,1-14H3. The van der Waals surface area contributed by atoms with E-state index in [0.29, 0.717) is 0 Å². The highest BCUT2D eigenvalue weighted by molar-refractivity contribution is 6.61. The third-order valence-corrected chi connectivity index (χ3v) is 15.5. The van der Waals surface area contributed by atoms with Crippen molar-refractivity contribution in [3.63, 3.8) is 0 Å². The third kappa shape index (κ3) is 7.75. The SMILES string of the molecule is Cc1cc2c3c(c1)N(c1cc(-c4ccccc4)c(C(C)(C)C)cc1-c1ccccc1)c1cc4c(cc1C([B]3)c1ccc(C(C)(C)C)cc1N2c1cccc(C(C)(C)C)c1)C(C)(C)CCC4(C)C. The molecule has 2 nitrogen and oxygen atoms in total. The van der Waals surface area contributed by atoms with E-state index in [1.165, 1.54) is 106 Å². The number of hydrogen-bond acceptors (Lipinski definition) is 2. The fourth-order valence-corrected chi connectivity index (χ4v) is 11.4. The maximum atomic E-state index is 2.70. The first-order chi connectivity index (χ1) is 31.5. The third-order valence-electron chi connectivity index (χ3n) is 15.5. The van der Waals surface area contributed by atoms with Gasteiger partial charge in [0.1, 0.15) is 0 Å². The maximum Gasteiger partial charge on any atom is 0.172 e. The van der Waals surface area contributed by atoms with Crippen molar-refractivity contribution in [1.82, 2.24) is 0 Å². The van der Waals surface area contributed by atoms with Crippen LogP contribution in [0.5, 0.6) is 0 Å². The van der Waals surface area contributed by atoms with Gasteiger partial charge in [-0.15, -0.1) is 0 Å². The first-order valence-corrected chi connectivity index (χ1v) is 24.8. The molecule has 67 heavy (non-hydrogen) atoms. The van der Waals surface area contributed by atoms with E-state index < -0.39 is 0 Å². The summed E-state index contributed by atoms with van der Waals surface area (Å²) >= 11 is 0. The minimum Gasteiger partial charge on any atom is -0.311 e. The topological polar surface area (TPSA) is 6.48 Å². The fraction of sp³-hybridized carbons (Fsp3) is 0.344. The second kappa shape index (κ2) is 15.6. The van der Waals surface area contributed by atoms with Crippen LogP contribution in [-0.4, -0.2) is 7.28 Å². The first-order valence-electron chi connectivity index (χ1n) is 24.8. The molecule has 0 fully saturated rings. The molecular formula is C64H70BN2. The molecule has 2 heterocycles. The van der Waals surface area contributed by atoms with Gasteiger partial charge in [0.05, 0.1) is 5.69 Å². The molecule has 339 valence electrons. The molecule has 3 aliphatic rings. The van der Waals surface area contributed by atoms with Crippen LogP contribution in [0.3, 0.4) is 0 Å². The van der Waals surface area contributed by atoms with Crippen LogP contribution in [0.25, 0.3) is 22.3 Å². The van der Waals surface area contributed by atoms with Gasteiger partial charge in [0, 0.05) is 34.0 Å². The second-order valence-electron chi connectivity index (χ2n) is 24.5. The molecule has 0 amide bonds. The van der Waals surface area contributed by atoms with Gasteiger partial charge in [-0.2, -0.15) is 0 Å². The Morgan fingerprint density at radius 2 is 1.01 bits per heavy atom. The van der Waals surface area contributed by atoms with Crippen LogP contribution < -0.4 is 15.3 Å². The van der Waals surface area contributed by atoms with Gasteiger partial charge < -0.3 is 9.80 Å². The molecule has 0 saturated carbocycles. The van der Waals surface area contributed by atoms with Crippen molar-refractivity contribution < 1.29 is 0 Å². The maximum absolute atomic E-state index is 2.70. The zero-order valence-electron chi connectivity index (χ0n) is 42.7. The molecule has 1 atom stereocenters. The van der Waals surface area contributed by atoms with Crippen LogP contribution >= 0.6 is 0 Å². The Morgan fingerprint density at radius 1 is 0.463 bits per heavy atom. The van der Waals surface area contributed by atoms with Crippen LogP contribution in [0.1, 0.15) is 153 Å². The molecule has 2 aliphatic heterocycles. The van der Waals surface area contributed by atoms with Crippen LogP contribution in [0, 0.1) is 6.92 Å². The molecule has 2 bridgehead atoms. The Labute approximate surface area is 403 Å². The highest BCUT2D eigenvalue weighted by atomic mass is 15.2. The van der Waals surface area contributed by atoms with Crippen molar-refractivity contribution in [2.75, 3.05) is 9.80 Å². The molecule has 0 aromatic heterocycles. The lowest BCUT2D eigenvalue weighted by Gasteiger charge is -2.44. The molecule has 1 unspecified atom stereocenters. The van der Waals surface area contributed by atoms with Crippen LogP contribution in [-0.2, 0) is 27.1 Å². The normalized spacial score (nSPS) is 17.1. The fourth-order valence-electron chi connectivity index (χ4n) is 11.4. The van der Waals surface area contributed by atoms with Crippen molar-refractivity contribution in [3.05, 3.63) is 184 Å². The van der Waals surface area contributed by atoms with Crippen LogP contribution in [0.2, 0.25) is 0 Å². The lowest BCUT2D eigenvalue weighted by molar-refractivity contribution is 0.331. The monoisotopic (exact) mass is 878 g/mol. The van der Waals surface area contributed by atoms with E-state index in [1.54, 1.807) is 0 Å². The minimum absolute atomic E-state index is 0.0106. The number of hydrogen-bond donors (Lipinski definition) is 0. The number of nitrogens with zero attached hydrogens (tertiary/aromatic N) is 2. The van der Waals surface area contributed by atoms with Crippen molar-refractivity contribution >= 4 is 46.9 Å². The van der Waals surface area contributed by atoms with Gasteiger partial charge in [-0.05, 0) is 168 Å². The summed E-state index contributed by atoms with van der Waals surface area (Å²) < 4.78 is 0. The molecule has 7 aromatic rings. The molecule has 10 rings (SSSR count). The average Bonchev–Trinajstić information content (AvgIpc) is 3.51. The van der Waals surface area contributed by atoms with E-state index in [4.69, 9.17) is 0 Å². The van der Waals surface area contributed by atoms with Crippen molar-refractivity contribution in [3.8, 4) is 22.3 Å². The summed E-state index contributed by atoms with van der Waals surface area (Å²) in [5, 5.41) is 0. The van der Waals surface area contributed by atoms with Crippen molar-refractivity contribution in [2.24, 2.45) is 0 Å². The summed E-state index contributed by atoms with van der Waals surface area (Å²) in [7, 11) is 2.64. The van der Waals surface area contributed by atoms with Crippen LogP contribution in [0.4, 0.5) is 34.1 Å². The smallest absolute Gasteiger partial charge is 0.172 e. The first kappa shape index (κ1) is 45.0. The van der Waals surface area contributed by atoms with Gasteiger partial charge in [0.15, 0.2) is 7.28 Å². The summed E-state index contributed by atoms with van der Waals surface area (Å²) in [5.74, 6) is -0.0196. The molecular weight excluding hydrogens is 808 g/mol. The van der Waals surface area contributed by atoms with Crippen molar-refractivity contribution in [1.29, 1.82) is 0 Å². The Kier molecular flexibility index (Phi) is 10.5. The Balaban J connectivity index is 1.40. The van der Waals surface area contributed by atoms with Gasteiger partial charge in [-0.3, -0.25) is 0 Å². The van der Waals surface area contributed by atoms with E-state index >= 15 is 0 Å². The van der Waals surface area contributed by atoms with E-state index in [0.717, 1.165) is 12.8 Å². The summed E-state index contributed by atoms with van der Waals surface area (Å²) in [4.78, 5) is 5.32. The molecule has 1 aliphatic carbocycles. The lowest BCUT2D eigenvalue weighted by Crippen LogP contribution is -2.34. The Bertz CT molecular complexity index is 3060. The summed E-state index contributed by atoms with van der Waals surface area (Å²) in [6.45, 7) is 33.3. The molecule has 3 heteroatoms. The Hall–Kier alpha value is -5.80. The Morgan fingerprint density at radius 3 is 1.61 bits per heavy atom. The van der Waals surface area contributed by atoms with Gasteiger partial charge >= 0.3 is 0 Å². The molecule has 0 N–H and O–H groups in total. The predicted molar refractivity (Wildman–Crippen MR) is 290 cm³/mol. The van der Waals surface area contributed by atoms with Gasteiger partial charge in [-0.1, -0.05) is 181 Å². The van der Waals surface area contributed by atoms with Crippen molar-refractivity contribution in [2.45, 2.75) is 143 Å². The van der Waals surface area contributed by atoms with E-state index in [2.05, 4.69) is 254 Å². The zero-order valence-corrected chi connectivity index (χ0v) is 42.7. The number of rotatable bonds is 4. The number of aryl methyl sites for hydroxylation is 1. The molecule has 1 radical (unpaired) electrons. The summed E-state index contributed by atoms with van der Waals surface area (Å²) in [5.41, 5.74) is 24.4. The van der Waals surface area contributed by atoms with E-state index in [1.807, 2.05) is 0 Å². The van der Waals surface area contributed by atoms with Gasteiger partial charge in [0.2, 0.25) is 0 Å². The highest BCUT2D eigenvalue weighted by Crippen LogP contribution is 2.57. The minimum atomic E-state index is -0.113. The quantitative estimate of drug-likeness (QED) is 0.163. The molecule has 0 spiro atoms. The summed E-state index contributed by atoms with van der Waals surface area (Å²) in [6, 6.07) is 54.3. The average molecular weight is 878 g/mol. The largest absolute Gasteiger partial charge is 0.311 e. The van der Waals surface area contributed by atoms with Crippen LogP contribution in [0.15, 0.2) is 140 Å². The second-order valence-corrected chi connectivity index (χ2v) is 24.5. The molecule has 0 saturated heterocycles. The number of anilines is 6. The van der Waals surface area contributed by atoms with E-state index in [-0.39, 0.29) is 32.9 Å². The van der Waals surface area contributed by atoms with Gasteiger partial charge in [-0.25, -0.2) is 0 Å². The van der Waals surface area contributed by atoms with Gasteiger partial charge in [0.25, 0.3) is 0 Å². The van der Waals surface area contributed by atoms with E-state index in [9.17, 15) is 0 Å². The predicted octanol–water partition coefficient (Wildman–Crippen LogP) is 17.3. The number of benzene rings is 7. The zero-order chi connectivity index (χ0) is 47.6. The summed E-state index contributed by atoms with van der Waals surface area (Å²) in [6.07, 6.45) is 2.31.